The van der Waals surface area contributed by atoms with Crippen LogP contribution in [0.2, 0.25) is 0 Å². The molecule has 116 valence electrons. The number of carbonyl (C=O) groups excluding carboxylic acids is 1. The maximum atomic E-state index is 13.2. The fraction of sp³-hybridized carbons (Fsp3) is 0.562. The number of rotatable bonds is 3. The quantitative estimate of drug-likeness (QED) is 0.919. The highest BCUT2D eigenvalue weighted by molar-refractivity contribution is 5.96. The van der Waals surface area contributed by atoms with Gasteiger partial charge in [0, 0.05) is 31.4 Å². The first-order chi connectivity index (χ1) is 9.84. The Morgan fingerprint density at radius 3 is 2.57 bits per heavy atom. The van der Waals surface area contributed by atoms with Crippen LogP contribution in [-0.2, 0) is 4.79 Å². The number of hydrogen-bond donors (Lipinski definition) is 1. The summed E-state index contributed by atoms with van der Waals surface area (Å²) in [5.74, 6) is -3.01. The molecule has 1 amide bonds. The number of amides is 1. The number of phenolic OH excluding ortho intramolecular Hbond substituents is 1. The summed E-state index contributed by atoms with van der Waals surface area (Å²) in [6.07, 6.45) is 0.000356. The predicted molar refractivity (Wildman–Crippen MR) is 77.8 cm³/mol. The van der Waals surface area contributed by atoms with E-state index in [0.717, 1.165) is 5.56 Å². The van der Waals surface area contributed by atoms with Crippen LogP contribution in [0.3, 0.4) is 0 Å². The average molecular weight is 297 g/mol. The highest BCUT2D eigenvalue weighted by atomic mass is 19.3. The standard InChI is InChI=1S/C16H21F2NO2/c1-3-19(14-10-13(20)5-4-11(14)2)15(21)12-6-8-16(17,18)9-7-12/h4-5,10,12,20H,3,6-9H2,1-2H3. The normalized spacial score (nSPS) is 18.5. The molecule has 0 aromatic heterocycles. The van der Waals surface area contributed by atoms with Crippen molar-refractivity contribution in [3.05, 3.63) is 23.8 Å². The zero-order chi connectivity index (χ0) is 15.6. The first-order valence-corrected chi connectivity index (χ1v) is 7.33. The summed E-state index contributed by atoms with van der Waals surface area (Å²) in [7, 11) is 0. The van der Waals surface area contributed by atoms with Crippen LogP contribution in [0.5, 0.6) is 5.75 Å². The minimum absolute atomic E-state index is 0.0945. The topological polar surface area (TPSA) is 40.5 Å². The summed E-state index contributed by atoms with van der Waals surface area (Å²) in [5.41, 5.74) is 1.53. The van der Waals surface area contributed by atoms with Gasteiger partial charge in [0.05, 0.1) is 5.69 Å². The molecule has 0 spiro atoms. The number of phenols is 1. The number of nitrogens with zero attached hydrogens (tertiary/aromatic N) is 1. The van der Waals surface area contributed by atoms with Crippen LogP contribution in [-0.4, -0.2) is 23.5 Å². The lowest BCUT2D eigenvalue weighted by Crippen LogP contribution is -2.39. The third-order valence-corrected chi connectivity index (χ3v) is 4.13. The Morgan fingerprint density at radius 2 is 2.00 bits per heavy atom. The molecule has 3 nitrogen and oxygen atoms in total. The molecule has 21 heavy (non-hydrogen) atoms. The van der Waals surface area contributed by atoms with Gasteiger partial charge in [0.1, 0.15) is 5.75 Å². The summed E-state index contributed by atoms with van der Waals surface area (Å²) in [6.45, 7) is 4.16. The van der Waals surface area contributed by atoms with E-state index in [1.54, 1.807) is 23.1 Å². The molecule has 1 saturated carbocycles. The Hall–Kier alpha value is -1.65. The highest BCUT2D eigenvalue weighted by Crippen LogP contribution is 2.37. The van der Waals surface area contributed by atoms with E-state index in [1.165, 1.54) is 0 Å². The van der Waals surface area contributed by atoms with E-state index in [9.17, 15) is 18.7 Å². The Bertz CT molecular complexity index is 521. The molecule has 0 bridgehead atoms. The summed E-state index contributed by atoms with van der Waals surface area (Å²) >= 11 is 0. The molecule has 1 N–H and O–H groups in total. The Balaban J connectivity index is 2.18. The van der Waals surface area contributed by atoms with E-state index >= 15 is 0 Å². The fourth-order valence-corrected chi connectivity index (χ4v) is 2.84. The van der Waals surface area contributed by atoms with Crippen LogP contribution in [0.1, 0.15) is 38.2 Å². The molecule has 0 radical (unpaired) electrons. The summed E-state index contributed by atoms with van der Waals surface area (Å²) in [6, 6.07) is 4.86. The number of halogens is 2. The monoisotopic (exact) mass is 297 g/mol. The molecule has 1 aromatic carbocycles. The second kappa shape index (κ2) is 6.00. The van der Waals surface area contributed by atoms with E-state index in [2.05, 4.69) is 0 Å². The largest absolute Gasteiger partial charge is 0.508 e. The maximum absolute atomic E-state index is 13.2. The van der Waals surface area contributed by atoms with Crippen molar-refractivity contribution in [1.82, 2.24) is 0 Å². The Morgan fingerprint density at radius 1 is 1.38 bits per heavy atom. The molecule has 1 aliphatic carbocycles. The number of carbonyl (C=O) groups is 1. The first kappa shape index (κ1) is 15.7. The number of benzene rings is 1. The Labute approximate surface area is 123 Å². The van der Waals surface area contributed by atoms with Crippen LogP contribution < -0.4 is 4.90 Å². The summed E-state index contributed by atoms with van der Waals surface area (Å²) < 4.78 is 26.4. The summed E-state index contributed by atoms with van der Waals surface area (Å²) in [5, 5.41) is 9.61. The van der Waals surface area contributed by atoms with E-state index in [-0.39, 0.29) is 43.3 Å². The molecular formula is C16H21F2NO2. The van der Waals surface area contributed by atoms with Crippen molar-refractivity contribution < 1.29 is 18.7 Å². The van der Waals surface area contributed by atoms with Crippen molar-refractivity contribution in [3.8, 4) is 5.75 Å². The van der Waals surface area contributed by atoms with E-state index in [4.69, 9.17) is 0 Å². The van der Waals surface area contributed by atoms with Crippen LogP contribution in [0.25, 0.3) is 0 Å². The third-order valence-electron chi connectivity index (χ3n) is 4.13. The molecule has 1 aliphatic rings. The second-order valence-electron chi connectivity index (χ2n) is 5.68. The molecule has 0 unspecified atom stereocenters. The van der Waals surface area contributed by atoms with E-state index in [0.29, 0.717) is 12.2 Å². The van der Waals surface area contributed by atoms with Gasteiger partial charge in [-0.25, -0.2) is 8.78 Å². The van der Waals surface area contributed by atoms with Gasteiger partial charge < -0.3 is 10.0 Å². The molecule has 2 rings (SSSR count). The van der Waals surface area contributed by atoms with Gasteiger partial charge in [-0.1, -0.05) is 6.07 Å². The van der Waals surface area contributed by atoms with Crippen molar-refractivity contribution >= 4 is 11.6 Å². The van der Waals surface area contributed by atoms with Gasteiger partial charge in [-0.15, -0.1) is 0 Å². The predicted octanol–water partition coefficient (Wildman–Crippen LogP) is 3.88. The minimum atomic E-state index is -2.63. The number of anilines is 1. The average Bonchev–Trinajstić information content (AvgIpc) is 2.43. The smallest absolute Gasteiger partial charge is 0.248 e. The highest BCUT2D eigenvalue weighted by Gasteiger charge is 2.38. The second-order valence-corrected chi connectivity index (χ2v) is 5.68. The van der Waals surface area contributed by atoms with Gasteiger partial charge in [0.25, 0.3) is 0 Å². The molecule has 0 heterocycles. The van der Waals surface area contributed by atoms with E-state index < -0.39 is 5.92 Å². The number of aromatic hydroxyl groups is 1. The first-order valence-electron chi connectivity index (χ1n) is 7.33. The van der Waals surface area contributed by atoms with Crippen LogP contribution in [0.4, 0.5) is 14.5 Å². The summed E-state index contributed by atoms with van der Waals surface area (Å²) in [4.78, 5) is 14.2. The van der Waals surface area contributed by atoms with Crippen molar-refractivity contribution in [3.63, 3.8) is 0 Å². The zero-order valence-electron chi connectivity index (χ0n) is 12.4. The number of hydrogen-bond acceptors (Lipinski definition) is 2. The van der Waals surface area contributed by atoms with Crippen LogP contribution >= 0.6 is 0 Å². The number of alkyl halides is 2. The molecule has 0 atom stereocenters. The van der Waals surface area contributed by atoms with Gasteiger partial charge in [0.15, 0.2) is 0 Å². The molecular weight excluding hydrogens is 276 g/mol. The van der Waals surface area contributed by atoms with Gasteiger partial charge in [-0.05, 0) is 38.3 Å². The SMILES string of the molecule is CCN(C(=O)C1CCC(F)(F)CC1)c1cc(O)ccc1C. The third kappa shape index (κ3) is 3.52. The molecule has 1 aromatic rings. The molecule has 0 aliphatic heterocycles. The molecule has 1 fully saturated rings. The van der Waals surface area contributed by atoms with Crippen LogP contribution in [0, 0.1) is 12.8 Å². The van der Waals surface area contributed by atoms with Gasteiger partial charge in [-0.2, -0.15) is 0 Å². The lowest BCUT2D eigenvalue weighted by atomic mass is 9.85. The van der Waals surface area contributed by atoms with Gasteiger partial charge in [-0.3, -0.25) is 4.79 Å². The minimum Gasteiger partial charge on any atom is -0.508 e. The maximum Gasteiger partial charge on any atom is 0.248 e. The van der Waals surface area contributed by atoms with Crippen molar-refractivity contribution in [2.24, 2.45) is 5.92 Å². The Kier molecular flexibility index (Phi) is 4.49. The lowest BCUT2D eigenvalue weighted by Gasteiger charge is -2.32. The molecule has 5 heteroatoms. The van der Waals surface area contributed by atoms with Gasteiger partial charge >= 0.3 is 0 Å². The van der Waals surface area contributed by atoms with E-state index in [1.807, 2.05) is 13.8 Å². The van der Waals surface area contributed by atoms with Crippen molar-refractivity contribution in [1.29, 1.82) is 0 Å². The van der Waals surface area contributed by atoms with Gasteiger partial charge in [0.2, 0.25) is 11.8 Å². The zero-order valence-corrected chi connectivity index (χ0v) is 12.4. The van der Waals surface area contributed by atoms with Crippen molar-refractivity contribution in [2.45, 2.75) is 45.5 Å². The lowest BCUT2D eigenvalue weighted by molar-refractivity contribution is -0.126. The van der Waals surface area contributed by atoms with Crippen LogP contribution in [0.15, 0.2) is 18.2 Å². The number of aryl methyl sites for hydroxylation is 1. The van der Waals surface area contributed by atoms with Crippen molar-refractivity contribution in [2.75, 3.05) is 11.4 Å². The molecule has 0 saturated heterocycles. The fourth-order valence-electron chi connectivity index (χ4n) is 2.84.